The van der Waals surface area contributed by atoms with Crippen molar-refractivity contribution in [3.8, 4) is 5.88 Å². The van der Waals surface area contributed by atoms with E-state index < -0.39 is 35.4 Å². The number of allylic oxidation sites excluding steroid dienone is 6. The van der Waals surface area contributed by atoms with Crippen molar-refractivity contribution in [1.82, 2.24) is 14.9 Å². The van der Waals surface area contributed by atoms with Crippen LogP contribution < -0.4 is 10.9 Å². The smallest absolute Gasteiger partial charge is 0.322 e. The van der Waals surface area contributed by atoms with Crippen molar-refractivity contribution in [1.29, 1.82) is 0 Å². The Balaban J connectivity index is 2.29. The van der Waals surface area contributed by atoms with Crippen LogP contribution in [0.1, 0.15) is 17.3 Å². The van der Waals surface area contributed by atoms with Gasteiger partial charge in [0.2, 0.25) is 5.88 Å². The first-order chi connectivity index (χ1) is 11.7. The maximum absolute atomic E-state index is 12.4. The van der Waals surface area contributed by atoms with E-state index in [4.69, 9.17) is 5.11 Å². The summed E-state index contributed by atoms with van der Waals surface area (Å²) in [6.07, 6.45) is 10.4. The van der Waals surface area contributed by atoms with Gasteiger partial charge < -0.3 is 15.5 Å². The van der Waals surface area contributed by atoms with E-state index in [0.717, 1.165) is 16.5 Å². The normalized spacial score (nSPS) is 19.2. The van der Waals surface area contributed by atoms with E-state index in [1.165, 1.54) is 0 Å². The lowest BCUT2D eigenvalue weighted by molar-refractivity contribution is -0.135. The lowest BCUT2D eigenvalue weighted by atomic mass is 10.1. The zero-order valence-corrected chi connectivity index (χ0v) is 14.9. The Labute approximate surface area is 151 Å². The highest BCUT2D eigenvalue weighted by Crippen LogP contribution is 2.24. The summed E-state index contributed by atoms with van der Waals surface area (Å²) in [6.45, 7) is 1.42. The zero-order chi connectivity index (χ0) is 18.6. The average Bonchev–Trinajstić information content (AvgIpc) is 2.69. The molecule has 1 aliphatic carbocycles. The number of carbonyl (C=O) groups excluding carboxylic acids is 1. The Bertz CT molecular complexity index is 852. The van der Waals surface area contributed by atoms with Gasteiger partial charge in [-0.1, -0.05) is 46.3 Å². The van der Waals surface area contributed by atoms with E-state index in [1.807, 2.05) is 42.6 Å². The number of nitrogens with one attached hydrogen (secondary N) is 1. The Kier molecular flexibility index (Phi) is 5.58. The fourth-order valence-corrected chi connectivity index (χ4v) is 2.36. The van der Waals surface area contributed by atoms with E-state index in [1.54, 1.807) is 0 Å². The predicted octanol–water partition coefficient (Wildman–Crippen LogP) is 0.969. The molecule has 0 spiro atoms. The van der Waals surface area contributed by atoms with Crippen LogP contribution in [0.5, 0.6) is 5.88 Å². The van der Waals surface area contributed by atoms with E-state index in [0.29, 0.717) is 0 Å². The van der Waals surface area contributed by atoms with Crippen molar-refractivity contribution >= 4 is 27.8 Å². The van der Waals surface area contributed by atoms with Crippen molar-refractivity contribution in [2.45, 2.75) is 17.8 Å². The zero-order valence-electron chi connectivity index (χ0n) is 13.3. The summed E-state index contributed by atoms with van der Waals surface area (Å²) in [5, 5.41) is 20.3. The number of hydrogen-bond donors (Lipinski definition) is 3. The molecule has 132 valence electrons. The summed E-state index contributed by atoms with van der Waals surface area (Å²) >= 11 is 3.52. The fourth-order valence-electron chi connectivity index (χ4n) is 2.08. The summed E-state index contributed by atoms with van der Waals surface area (Å²) in [5.74, 6) is -3.01. The second-order valence-corrected chi connectivity index (χ2v) is 7.25. The van der Waals surface area contributed by atoms with Gasteiger partial charge in [-0.25, -0.2) is 4.98 Å². The molecule has 3 N–H and O–H groups in total. The molecule has 0 fully saturated rings. The van der Waals surface area contributed by atoms with Gasteiger partial charge in [0.25, 0.3) is 11.5 Å². The number of aliphatic carboxylic acids is 1. The Hall–Kier alpha value is -2.68. The number of aromatic hydroxyl groups is 1. The molecule has 1 aromatic rings. The number of carboxylic acid groups (broad SMARTS) is 1. The van der Waals surface area contributed by atoms with Crippen LogP contribution in [0.15, 0.2) is 47.1 Å². The van der Waals surface area contributed by atoms with Gasteiger partial charge in [-0.3, -0.25) is 19.0 Å². The lowest BCUT2D eigenvalue weighted by Crippen LogP contribution is -2.36. The summed E-state index contributed by atoms with van der Waals surface area (Å²) in [4.78, 5) is 38.5. The molecular weight excluding hydrogens is 394 g/mol. The quantitative estimate of drug-likeness (QED) is 0.622. The van der Waals surface area contributed by atoms with Gasteiger partial charge in [-0.15, -0.1) is 0 Å². The first kappa shape index (κ1) is 18.7. The van der Waals surface area contributed by atoms with Gasteiger partial charge in [0.05, 0.1) is 10.9 Å². The molecular formula is C16H16BrN3O5. The number of carbonyl (C=O) groups is 2. The number of aromatic nitrogens is 2. The third kappa shape index (κ3) is 4.90. The highest BCUT2D eigenvalue weighted by molar-refractivity contribution is 9.10. The van der Waals surface area contributed by atoms with Crippen molar-refractivity contribution in [3.63, 3.8) is 0 Å². The minimum atomic E-state index is -1.27. The number of nitrogens with zero attached hydrogens (tertiary/aromatic N) is 2. The van der Waals surface area contributed by atoms with E-state index in [2.05, 4.69) is 20.9 Å². The van der Waals surface area contributed by atoms with Crippen LogP contribution in [-0.2, 0) is 11.3 Å². The van der Waals surface area contributed by atoms with E-state index in [9.17, 15) is 19.5 Å². The molecule has 0 aliphatic heterocycles. The lowest BCUT2D eigenvalue weighted by Gasteiger charge is -2.11. The van der Waals surface area contributed by atoms with Crippen LogP contribution in [-0.4, -0.2) is 42.5 Å². The maximum Gasteiger partial charge on any atom is 0.322 e. The first-order valence-corrected chi connectivity index (χ1v) is 8.04. The molecule has 0 saturated carbocycles. The third-order valence-corrected chi connectivity index (χ3v) is 3.88. The third-order valence-electron chi connectivity index (χ3n) is 3.35. The molecule has 1 aliphatic rings. The molecule has 0 aromatic carbocycles. The van der Waals surface area contributed by atoms with E-state index >= 15 is 0 Å². The molecule has 9 heteroatoms. The topological polar surface area (TPSA) is 122 Å². The van der Waals surface area contributed by atoms with Crippen LogP contribution in [0.4, 0.5) is 0 Å². The molecule has 0 radical (unpaired) electrons. The van der Waals surface area contributed by atoms with Crippen molar-refractivity contribution in [3.05, 3.63) is 58.2 Å². The summed E-state index contributed by atoms with van der Waals surface area (Å²) < 4.78 is 0.863. The minimum Gasteiger partial charge on any atom is -0.493 e. The average molecular weight is 410 g/mol. The number of halogens is 1. The summed E-state index contributed by atoms with van der Waals surface area (Å²) in [6, 6.07) is 0. The first-order valence-electron chi connectivity index (χ1n) is 7.24. The van der Waals surface area contributed by atoms with Crippen molar-refractivity contribution in [2.75, 3.05) is 6.54 Å². The van der Waals surface area contributed by atoms with Gasteiger partial charge in [-0.2, -0.15) is 0 Å². The molecule has 0 bridgehead atoms. The van der Waals surface area contributed by atoms with Gasteiger partial charge in [0.1, 0.15) is 12.9 Å². The number of alkyl halides is 1. The number of carboxylic acids is 1. The number of rotatable bonds is 5. The monoisotopic (exact) mass is 409 g/mol. The van der Waals surface area contributed by atoms with Crippen LogP contribution in [0.3, 0.4) is 0 Å². The Morgan fingerprint density at radius 1 is 1.40 bits per heavy atom. The molecule has 8 nitrogen and oxygen atoms in total. The Morgan fingerprint density at radius 2 is 2.12 bits per heavy atom. The summed E-state index contributed by atoms with van der Waals surface area (Å²) in [7, 11) is 0. The Morgan fingerprint density at radius 3 is 2.80 bits per heavy atom. The van der Waals surface area contributed by atoms with Gasteiger partial charge in [0.15, 0.2) is 5.56 Å². The SMILES string of the molecule is CC1(Br)C=CC=C(Cn2cnc(O)c(C(=O)NCC(=O)O)c2=O)C=C1. The predicted molar refractivity (Wildman–Crippen MR) is 93.8 cm³/mol. The molecule has 2 rings (SSSR count). The van der Waals surface area contributed by atoms with Crippen LogP contribution in [0.25, 0.3) is 0 Å². The second-order valence-electron chi connectivity index (χ2n) is 5.54. The summed E-state index contributed by atoms with van der Waals surface area (Å²) in [5.41, 5.74) is -0.576. The fraction of sp³-hybridized carbons (Fsp3) is 0.250. The van der Waals surface area contributed by atoms with Gasteiger partial charge >= 0.3 is 5.97 Å². The van der Waals surface area contributed by atoms with Gasteiger partial charge in [0, 0.05) is 0 Å². The number of hydrogen-bond acceptors (Lipinski definition) is 5. The molecule has 1 heterocycles. The molecule has 1 unspecified atom stereocenters. The molecule has 25 heavy (non-hydrogen) atoms. The molecule has 0 saturated heterocycles. The maximum atomic E-state index is 12.4. The highest BCUT2D eigenvalue weighted by atomic mass is 79.9. The van der Waals surface area contributed by atoms with Crippen molar-refractivity contribution in [2.24, 2.45) is 0 Å². The standard InChI is InChI=1S/C16H16BrN3O5/c1-16(17)5-2-3-10(4-6-16)8-20-9-19-14(24)12(15(20)25)13(23)18-7-11(21)22/h2-6,9,24H,7-8H2,1H3,(H,18,23)(H,21,22). The largest absolute Gasteiger partial charge is 0.493 e. The molecule has 1 amide bonds. The minimum absolute atomic E-state index is 0.134. The van der Waals surface area contributed by atoms with Gasteiger partial charge in [-0.05, 0) is 12.5 Å². The molecule has 1 atom stereocenters. The highest BCUT2D eigenvalue weighted by Gasteiger charge is 2.20. The number of amides is 1. The van der Waals surface area contributed by atoms with Crippen LogP contribution in [0, 0.1) is 0 Å². The van der Waals surface area contributed by atoms with E-state index in [-0.39, 0.29) is 10.9 Å². The van der Waals surface area contributed by atoms with Crippen LogP contribution in [0.2, 0.25) is 0 Å². The van der Waals surface area contributed by atoms with Crippen molar-refractivity contribution < 1.29 is 19.8 Å². The van der Waals surface area contributed by atoms with Crippen LogP contribution >= 0.6 is 15.9 Å². The molecule has 1 aromatic heterocycles. The second kappa shape index (κ2) is 7.47.